The number of carboxylic acids is 1. The molecule has 2 aromatic heterocycles. The van der Waals surface area contributed by atoms with Crippen LogP contribution in [0.3, 0.4) is 0 Å². The largest absolute Gasteiger partial charge is 0.477 e. The molecule has 24 heavy (non-hydrogen) atoms. The summed E-state index contributed by atoms with van der Waals surface area (Å²) in [5.41, 5.74) is 1.71. The van der Waals surface area contributed by atoms with Crippen molar-refractivity contribution in [3.8, 4) is 0 Å². The molecule has 0 aromatic carbocycles. The van der Waals surface area contributed by atoms with E-state index >= 15 is 0 Å². The molecule has 2 heterocycles. The first-order chi connectivity index (χ1) is 11.3. The number of hydrogen-bond acceptors (Lipinski definition) is 6. The van der Waals surface area contributed by atoms with Crippen LogP contribution >= 0.6 is 0 Å². The highest BCUT2D eigenvalue weighted by Gasteiger charge is 2.25. The standard InChI is InChI=1S/C15H16N4O4S/c1-9-16-7-10-6-11(2-4-13(10)18-9)19-24(22,23)12-3-5-14(15(20)21)17-8-12/h3,5,7-8,11,19H,2,4,6H2,1H3,(H,20,21). The predicted octanol–water partition coefficient (Wildman–Crippen LogP) is 0.714. The molecule has 126 valence electrons. The SMILES string of the molecule is Cc1ncc2c(n1)CCC(NS(=O)(=O)c1ccc(C(=O)O)nc1)C2. The number of rotatable bonds is 4. The van der Waals surface area contributed by atoms with Gasteiger partial charge in [-0.1, -0.05) is 0 Å². The molecule has 1 aliphatic rings. The Morgan fingerprint density at radius 3 is 2.75 bits per heavy atom. The Morgan fingerprint density at radius 1 is 1.29 bits per heavy atom. The van der Waals surface area contributed by atoms with E-state index in [2.05, 4.69) is 19.7 Å². The maximum absolute atomic E-state index is 12.4. The fourth-order valence-electron chi connectivity index (χ4n) is 2.66. The maximum Gasteiger partial charge on any atom is 0.354 e. The topological polar surface area (TPSA) is 122 Å². The lowest BCUT2D eigenvalue weighted by Crippen LogP contribution is -2.39. The van der Waals surface area contributed by atoms with Crippen molar-refractivity contribution in [1.29, 1.82) is 0 Å². The zero-order chi connectivity index (χ0) is 17.3. The van der Waals surface area contributed by atoms with Crippen molar-refractivity contribution in [1.82, 2.24) is 19.7 Å². The van der Waals surface area contributed by atoms with Crippen LogP contribution in [-0.4, -0.2) is 40.5 Å². The lowest BCUT2D eigenvalue weighted by Gasteiger charge is -2.24. The number of aryl methyl sites for hydroxylation is 2. The third-order valence-corrected chi connectivity index (χ3v) is 5.36. The molecular formula is C15H16N4O4S. The quantitative estimate of drug-likeness (QED) is 0.834. The van der Waals surface area contributed by atoms with Gasteiger partial charge in [-0.05, 0) is 43.9 Å². The second-order valence-electron chi connectivity index (χ2n) is 5.63. The van der Waals surface area contributed by atoms with E-state index < -0.39 is 16.0 Å². The Kier molecular flexibility index (Phi) is 4.29. The van der Waals surface area contributed by atoms with Gasteiger partial charge in [0.1, 0.15) is 16.4 Å². The Morgan fingerprint density at radius 2 is 2.08 bits per heavy atom. The molecule has 1 unspecified atom stereocenters. The van der Waals surface area contributed by atoms with Crippen molar-refractivity contribution in [2.24, 2.45) is 0 Å². The summed E-state index contributed by atoms with van der Waals surface area (Å²) in [5, 5.41) is 8.81. The van der Waals surface area contributed by atoms with Gasteiger partial charge >= 0.3 is 5.97 Å². The lowest BCUT2D eigenvalue weighted by molar-refractivity contribution is 0.0690. The maximum atomic E-state index is 12.4. The van der Waals surface area contributed by atoms with E-state index in [9.17, 15) is 13.2 Å². The number of sulfonamides is 1. The molecule has 9 heteroatoms. The summed E-state index contributed by atoms with van der Waals surface area (Å²) in [6.07, 6.45) is 4.64. The van der Waals surface area contributed by atoms with Crippen molar-refractivity contribution in [3.63, 3.8) is 0 Å². The van der Waals surface area contributed by atoms with Crippen LogP contribution in [0.15, 0.2) is 29.4 Å². The van der Waals surface area contributed by atoms with Crippen molar-refractivity contribution in [2.45, 2.75) is 37.1 Å². The monoisotopic (exact) mass is 348 g/mol. The van der Waals surface area contributed by atoms with E-state index in [1.807, 2.05) is 6.92 Å². The molecule has 0 radical (unpaired) electrons. The number of carbonyl (C=O) groups is 1. The molecule has 0 bridgehead atoms. The van der Waals surface area contributed by atoms with E-state index in [4.69, 9.17) is 5.11 Å². The molecule has 3 rings (SSSR count). The lowest BCUT2D eigenvalue weighted by atomic mass is 9.93. The Labute approximate surface area is 139 Å². The van der Waals surface area contributed by atoms with Crippen LogP contribution in [-0.2, 0) is 22.9 Å². The predicted molar refractivity (Wildman–Crippen MR) is 84.1 cm³/mol. The number of nitrogens with one attached hydrogen (secondary N) is 1. The molecule has 0 aliphatic heterocycles. The normalized spacial score (nSPS) is 17.3. The van der Waals surface area contributed by atoms with E-state index in [0.717, 1.165) is 17.5 Å². The van der Waals surface area contributed by atoms with Gasteiger partial charge < -0.3 is 5.11 Å². The van der Waals surface area contributed by atoms with E-state index in [-0.39, 0.29) is 16.6 Å². The first-order valence-corrected chi connectivity index (χ1v) is 8.86. The highest BCUT2D eigenvalue weighted by Crippen LogP contribution is 2.21. The minimum Gasteiger partial charge on any atom is -0.477 e. The summed E-state index contributed by atoms with van der Waals surface area (Å²) in [4.78, 5) is 22.9. The second-order valence-corrected chi connectivity index (χ2v) is 7.35. The zero-order valence-corrected chi connectivity index (χ0v) is 13.7. The smallest absolute Gasteiger partial charge is 0.354 e. The number of hydrogen-bond donors (Lipinski definition) is 2. The van der Waals surface area contributed by atoms with Gasteiger partial charge in [0, 0.05) is 24.1 Å². The number of aromatic nitrogens is 3. The number of pyridine rings is 1. The Bertz CT molecular complexity index is 881. The van der Waals surface area contributed by atoms with Crippen molar-refractivity contribution >= 4 is 16.0 Å². The van der Waals surface area contributed by atoms with Gasteiger partial charge in [-0.25, -0.2) is 32.9 Å². The van der Waals surface area contributed by atoms with Crippen molar-refractivity contribution < 1.29 is 18.3 Å². The van der Waals surface area contributed by atoms with E-state index in [1.165, 1.54) is 12.1 Å². The molecule has 2 aromatic rings. The Hall–Kier alpha value is -2.39. The molecule has 2 N–H and O–H groups in total. The molecule has 0 amide bonds. The van der Waals surface area contributed by atoms with Crippen LogP contribution in [0, 0.1) is 6.92 Å². The second kappa shape index (κ2) is 6.25. The summed E-state index contributed by atoms with van der Waals surface area (Å²) in [6, 6.07) is 2.15. The molecule has 0 saturated carbocycles. The van der Waals surface area contributed by atoms with Crippen LogP contribution in [0.2, 0.25) is 0 Å². The molecule has 0 fully saturated rings. The van der Waals surface area contributed by atoms with Crippen molar-refractivity contribution in [2.75, 3.05) is 0 Å². The van der Waals surface area contributed by atoms with Crippen LogP contribution in [0.25, 0.3) is 0 Å². The van der Waals surface area contributed by atoms with Gasteiger partial charge in [-0.15, -0.1) is 0 Å². The van der Waals surface area contributed by atoms with Gasteiger partial charge in [0.05, 0.1) is 0 Å². The highest BCUT2D eigenvalue weighted by atomic mass is 32.2. The molecule has 0 spiro atoms. The minimum atomic E-state index is -3.76. The number of aromatic carboxylic acids is 1. The summed E-state index contributed by atoms with van der Waals surface area (Å²) < 4.78 is 27.5. The van der Waals surface area contributed by atoms with Crippen LogP contribution in [0.4, 0.5) is 0 Å². The third kappa shape index (κ3) is 3.41. The van der Waals surface area contributed by atoms with Crippen LogP contribution < -0.4 is 4.72 Å². The molecule has 1 atom stereocenters. The third-order valence-electron chi connectivity index (χ3n) is 3.86. The molecule has 8 nitrogen and oxygen atoms in total. The fraction of sp³-hybridized carbons (Fsp3) is 0.333. The summed E-state index contributed by atoms with van der Waals surface area (Å²) in [7, 11) is -3.76. The van der Waals surface area contributed by atoms with Gasteiger partial charge in [0.15, 0.2) is 0 Å². The number of nitrogens with zero attached hydrogens (tertiary/aromatic N) is 3. The van der Waals surface area contributed by atoms with Gasteiger partial charge in [0.25, 0.3) is 0 Å². The summed E-state index contributed by atoms with van der Waals surface area (Å²) in [6.45, 7) is 1.82. The molecule has 0 saturated heterocycles. The first-order valence-electron chi connectivity index (χ1n) is 7.38. The fourth-order valence-corrected chi connectivity index (χ4v) is 3.88. The van der Waals surface area contributed by atoms with Gasteiger partial charge in [-0.2, -0.15) is 0 Å². The van der Waals surface area contributed by atoms with Crippen LogP contribution in [0.1, 0.15) is 34.0 Å². The average molecular weight is 348 g/mol. The number of carboxylic acid groups (broad SMARTS) is 1. The van der Waals surface area contributed by atoms with E-state index in [0.29, 0.717) is 25.1 Å². The zero-order valence-electron chi connectivity index (χ0n) is 12.9. The first kappa shape index (κ1) is 16.5. The number of fused-ring (bicyclic) bond motifs is 1. The Balaban J connectivity index is 1.75. The summed E-state index contributed by atoms with van der Waals surface area (Å²) in [5.74, 6) is -0.497. The highest BCUT2D eigenvalue weighted by molar-refractivity contribution is 7.89. The van der Waals surface area contributed by atoms with Gasteiger partial charge in [-0.3, -0.25) is 0 Å². The van der Waals surface area contributed by atoms with E-state index in [1.54, 1.807) is 6.20 Å². The van der Waals surface area contributed by atoms with Crippen molar-refractivity contribution in [3.05, 3.63) is 47.3 Å². The molecular weight excluding hydrogens is 332 g/mol. The molecule has 1 aliphatic carbocycles. The van der Waals surface area contributed by atoms with Gasteiger partial charge in [0.2, 0.25) is 10.0 Å². The average Bonchev–Trinajstić information content (AvgIpc) is 2.55. The summed E-state index contributed by atoms with van der Waals surface area (Å²) >= 11 is 0. The minimum absolute atomic E-state index is 0.0570. The van der Waals surface area contributed by atoms with Crippen LogP contribution in [0.5, 0.6) is 0 Å².